The van der Waals surface area contributed by atoms with Gasteiger partial charge in [-0.2, -0.15) is 5.10 Å². The van der Waals surface area contributed by atoms with Gasteiger partial charge in [-0.25, -0.2) is 0 Å². The van der Waals surface area contributed by atoms with E-state index in [1.165, 1.54) is 5.69 Å². The van der Waals surface area contributed by atoms with Crippen LogP contribution in [0.3, 0.4) is 0 Å². The van der Waals surface area contributed by atoms with Crippen LogP contribution in [0.25, 0.3) is 0 Å². The molecule has 0 radical (unpaired) electrons. The van der Waals surface area contributed by atoms with Gasteiger partial charge in [0.1, 0.15) is 0 Å². The lowest BCUT2D eigenvalue weighted by Gasteiger charge is -2.36. The second-order valence-corrected chi connectivity index (χ2v) is 6.32. The zero-order valence-corrected chi connectivity index (χ0v) is 14.6. The third-order valence-corrected chi connectivity index (χ3v) is 5.46. The molecular formula is C14H23BrClN3O. The van der Waals surface area contributed by atoms with Gasteiger partial charge >= 0.3 is 0 Å². The number of alkyl halides is 1. The number of nitrogens with zero attached hydrogens (tertiary/aromatic N) is 2. The molecule has 0 unspecified atom stereocenters. The molecule has 1 aromatic heterocycles. The first-order valence-electron chi connectivity index (χ1n) is 7.28. The lowest BCUT2D eigenvalue weighted by Crippen LogP contribution is -2.50. The molecule has 4 nitrogen and oxygen atoms in total. The van der Waals surface area contributed by atoms with Crippen molar-refractivity contribution in [2.24, 2.45) is 0 Å². The van der Waals surface area contributed by atoms with Crippen molar-refractivity contribution in [3.05, 3.63) is 15.9 Å². The van der Waals surface area contributed by atoms with Crippen LogP contribution in [0, 0.1) is 0 Å². The first kappa shape index (κ1) is 16.3. The van der Waals surface area contributed by atoms with E-state index in [1.54, 1.807) is 0 Å². The van der Waals surface area contributed by atoms with Crippen molar-refractivity contribution in [2.45, 2.75) is 51.7 Å². The van der Waals surface area contributed by atoms with Gasteiger partial charge in [-0.1, -0.05) is 6.92 Å². The van der Waals surface area contributed by atoms with Crippen molar-refractivity contribution in [2.75, 3.05) is 19.1 Å². The van der Waals surface area contributed by atoms with E-state index >= 15 is 0 Å². The number of aryl methyl sites for hydroxylation is 2. The van der Waals surface area contributed by atoms with E-state index in [9.17, 15) is 0 Å². The molecule has 0 amide bonds. The molecule has 0 bridgehead atoms. The molecular weight excluding hydrogens is 342 g/mol. The third-order valence-electron chi connectivity index (χ3n) is 4.03. The van der Waals surface area contributed by atoms with Crippen molar-refractivity contribution in [1.82, 2.24) is 15.1 Å². The molecule has 1 aromatic rings. The molecule has 0 spiro atoms. The molecule has 20 heavy (non-hydrogen) atoms. The smallest absolute Gasteiger partial charge is 0.0767 e. The Morgan fingerprint density at radius 2 is 2.10 bits per heavy atom. The molecule has 1 saturated heterocycles. The molecule has 0 aromatic carbocycles. The molecule has 2 rings (SSSR count). The molecule has 0 atom stereocenters. The van der Waals surface area contributed by atoms with Gasteiger partial charge < -0.3 is 10.1 Å². The Bertz CT molecular complexity index is 444. The van der Waals surface area contributed by atoms with Gasteiger partial charge in [-0.3, -0.25) is 4.68 Å². The Balaban J connectivity index is 2.11. The molecule has 1 N–H and O–H groups in total. The number of hydrogen-bond donors (Lipinski definition) is 1. The van der Waals surface area contributed by atoms with Crippen LogP contribution < -0.4 is 5.32 Å². The fraction of sp³-hybridized carbons (Fsp3) is 0.786. The van der Waals surface area contributed by atoms with Gasteiger partial charge in [0, 0.05) is 37.7 Å². The molecule has 1 aliphatic rings. The highest BCUT2D eigenvalue weighted by Gasteiger charge is 2.31. The highest BCUT2D eigenvalue weighted by molar-refractivity contribution is 9.10. The van der Waals surface area contributed by atoms with Crippen molar-refractivity contribution < 1.29 is 4.74 Å². The van der Waals surface area contributed by atoms with Gasteiger partial charge in [0.05, 0.1) is 15.9 Å². The van der Waals surface area contributed by atoms with Gasteiger partial charge in [0.25, 0.3) is 0 Å². The van der Waals surface area contributed by atoms with Crippen LogP contribution in [0.5, 0.6) is 0 Å². The summed E-state index contributed by atoms with van der Waals surface area (Å²) < 4.78 is 8.64. The van der Waals surface area contributed by atoms with Gasteiger partial charge in [0.15, 0.2) is 0 Å². The van der Waals surface area contributed by atoms with Crippen LogP contribution in [0.4, 0.5) is 0 Å². The molecule has 1 aliphatic heterocycles. The molecule has 0 saturated carbocycles. The van der Waals surface area contributed by atoms with E-state index in [2.05, 4.69) is 44.9 Å². The quantitative estimate of drug-likeness (QED) is 0.788. The third kappa shape index (κ3) is 3.38. The van der Waals surface area contributed by atoms with Crippen LogP contribution >= 0.6 is 27.5 Å². The Kier molecular flexibility index (Phi) is 5.90. The Morgan fingerprint density at radius 3 is 2.65 bits per heavy atom. The molecule has 1 fully saturated rings. The standard InChI is InChI=1S/C14H23BrClN3O/c1-3-11-13(15)12(19(4-2)18-11)9-17-14(10-16)5-7-20-8-6-14/h17H,3-10H2,1-2H3. The average Bonchev–Trinajstić information content (AvgIpc) is 2.81. The second kappa shape index (κ2) is 7.25. The highest BCUT2D eigenvalue weighted by Crippen LogP contribution is 2.26. The number of ether oxygens (including phenoxy) is 1. The average molecular weight is 365 g/mol. The number of rotatable bonds is 6. The minimum Gasteiger partial charge on any atom is -0.381 e. The summed E-state index contributed by atoms with van der Waals surface area (Å²) in [5, 5.41) is 8.28. The fourth-order valence-corrected chi connectivity index (χ4v) is 3.64. The summed E-state index contributed by atoms with van der Waals surface area (Å²) in [6, 6.07) is 0. The summed E-state index contributed by atoms with van der Waals surface area (Å²) in [5.74, 6) is 0.620. The lowest BCUT2D eigenvalue weighted by molar-refractivity contribution is 0.0456. The van der Waals surface area contributed by atoms with Crippen LogP contribution in [-0.4, -0.2) is 34.4 Å². The first-order valence-corrected chi connectivity index (χ1v) is 8.61. The minimum atomic E-state index is -0.00549. The lowest BCUT2D eigenvalue weighted by atomic mass is 9.92. The summed E-state index contributed by atoms with van der Waals surface area (Å²) in [7, 11) is 0. The zero-order valence-electron chi connectivity index (χ0n) is 12.2. The van der Waals surface area contributed by atoms with Gasteiger partial charge in [-0.05, 0) is 42.1 Å². The SMILES string of the molecule is CCc1nn(CC)c(CNC2(CCl)CCOCC2)c1Br. The van der Waals surface area contributed by atoms with E-state index in [4.69, 9.17) is 16.3 Å². The van der Waals surface area contributed by atoms with E-state index in [-0.39, 0.29) is 5.54 Å². The van der Waals surface area contributed by atoms with Gasteiger partial charge in [-0.15, -0.1) is 11.6 Å². The predicted molar refractivity (Wildman–Crippen MR) is 85.3 cm³/mol. The molecule has 2 heterocycles. The van der Waals surface area contributed by atoms with Crippen molar-refractivity contribution in [3.8, 4) is 0 Å². The Hall–Kier alpha value is -0.100. The zero-order chi connectivity index (χ0) is 14.6. The normalized spacial score (nSPS) is 18.4. The summed E-state index contributed by atoms with van der Waals surface area (Å²) >= 11 is 9.88. The maximum absolute atomic E-state index is 6.20. The van der Waals surface area contributed by atoms with Crippen LogP contribution in [0.15, 0.2) is 4.47 Å². The monoisotopic (exact) mass is 363 g/mol. The number of aromatic nitrogens is 2. The minimum absolute atomic E-state index is 0.00549. The van der Waals surface area contributed by atoms with E-state index < -0.39 is 0 Å². The molecule has 0 aliphatic carbocycles. The first-order chi connectivity index (χ1) is 9.65. The predicted octanol–water partition coefficient (Wildman–Crippen LogP) is 3.11. The van der Waals surface area contributed by atoms with Crippen molar-refractivity contribution >= 4 is 27.5 Å². The van der Waals surface area contributed by atoms with Crippen molar-refractivity contribution in [1.29, 1.82) is 0 Å². The number of nitrogens with one attached hydrogen (secondary N) is 1. The largest absolute Gasteiger partial charge is 0.381 e. The summed E-state index contributed by atoms with van der Waals surface area (Å²) in [5.41, 5.74) is 2.32. The number of halogens is 2. The molecule has 114 valence electrons. The Morgan fingerprint density at radius 1 is 1.40 bits per heavy atom. The van der Waals surface area contributed by atoms with Crippen LogP contribution in [0.2, 0.25) is 0 Å². The number of hydrogen-bond acceptors (Lipinski definition) is 3. The maximum atomic E-state index is 6.20. The summed E-state index contributed by atoms with van der Waals surface area (Å²) in [4.78, 5) is 0. The second-order valence-electron chi connectivity index (χ2n) is 5.26. The summed E-state index contributed by atoms with van der Waals surface area (Å²) in [6.45, 7) is 7.49. The topological polar surface area (TPSA) is 39.1 Å². The highest BCUT2D eigenvalue weighted by atomic mass is 79.9. The fourth-order valence-electron chi connectivity index (χ4n) is 2.58. The van der Waals surface area contributed by atoms with E-state index in [1.807, 2.05) is 0 Å². The molecule has 6 heteroatoms. The van der Waals surface area contributed by atoms with Crippen molar-refractivity contribution in [3.63, 3.8) is 0 Å². The van der Waals surface area contributed by atoms with E-state index in [0.717, 1.165) is 55.7 Å². The van der Waals surface area contributed by atoms with Crippen LogP contribution in [0.1, 0.15) is 38.1 Å². The summed E-state index contributed by atoms with van der Waals surface area (Å²) in [6.07, 6.45) is 2.87. The van der Waals surface area contributed by atoms with E-state index in [0.29, 0.717) is 5.88 Å². The Labute approximate surface area is 134 Å². The maximum Gasteiger partial charge on any atom is 0.0767 e. The van der Waals surface area contributed by atoms with Crippen LogP contribution in [-0.2, 0) is 24.2 Å². The van der Waals surface area contributed by atoms with Gasteiger partial charge in [0.2, 0.25) is 0 Å².